The number of hydrogen-bond donors (Lipinski definition) is 7. The summed E-state index contributed by atoms with van der Waals surface area (Å²) in [6.45, 7) is 0. The van der Waals surface area contributed by atoms with Crippen LogP contribution in [-0.2, 0) is 4.79 Å². The molecule has 2 rings (SSSR count). The third kappa shape index (κ3) is 4.24. The monoisotopic (exact) mass is 350 g/mol. The maximum Gasteiger partial charge on any atom is 0.309 e. The standard InChI is InChI=1S/C15H14N2O6S/c18-10-3-1-9(2-4-10)17-24-13-7-11(19)5-8(14(13)21)6-12(20)15(22)16-23/h1-7,17-21,23H,(H,16,22)/b12-6-. The van der Waals surface area contributed by atoms with Gasteiger partial charge in [-0.3, -0.25) is 10.0 Å². The Morgan fingerprint density at radius 3 is 2.33 bits per heavy atom. The number of carbonyl (C=O) groups excluding carboxylic acids is 1. The van der Waals surface area contributed by atoms with E-state index in [1.54, 1.807) is 12.1 Å². The molecule has 0 unspecified atom stereocenters. The van der Waals surface area contributed by atoms with Crippen molar-refractivity contribution >= 4 is 29.6 Å². The van der Waals surface area contributed by atoms with E-state index >= 15 is 0 Å². The van der Waals surface area contributed by atoms with E-state index in [2.05, 4.69) is 4.72 Å². The minimum absolute atomic E-state index is 0.0221. The zero-order valence-corrected chi connectivity index (χ0v) is 12.9. The molecular formula is C15H14N2O6S. The number of anilines is 1. The van der Waals surface area contributed by atoms with Crippen molar-refractivity contribution in [1.29, 1.82) is 0 Å². The van der Waals surface area contributed by atoms with Crippen molar-refractivity contribution in [2.75, 3.05) is 4.72 Å². The number of hydroxylamine groups is 1. The molecule has 0 heterocycles. The summed E-state index contributed by atoms with van der Waals surface area (Å²) in [7, 11) is 0. The Bertz CT molecular complexity index is 776. The van der Waals surface area contributed by atoms with E-state index in [9.17, 15) is 25.2 Å². The van der Waals surface area contributed by atoms with Gasteiger partial charge in [0.1, 0.15) is 17.2 Å². The lowest BCUT2D eigenvalue weighted by atomic mass is 10.1. The molecule has 0 fully saturated rings. The van der Waals surface area contributed by atoms with Crippen LogP contribution in [0.4, 0.5) is 5.69 Å². The van der Waals surface area contributed by atoms with Gasteiger partial charge in [0, 0.05) is 11.3 Å². The average Bonchev–Trinajstić information content (AvgIpc) is 2.57. The minimum Gasteiger partial charge on any atom is -0.508 e. The Morgan fingerprint density at radius 1 is 1.04 bits per heavy atom. The molecule has 2 aromatic rings. The first-order valence-corrected chi connectivity index (χ1v) is 7.35. The predicted octanol–water partition coefficient (Wildman–Crippen LogP) is 2.33. The van der Waals surface area contributed by atoms with Gasteiger partial charge in [0.15, 0.2) is 5.76 Å². The van der Waals surface area contributed by atoms with E-state index in [-0.39, 0.29) is 27.7 Å². The molecule has 0 saturated carbocycles. The van der Waals surface area contributed by atoms with E-state index in [4.69, 9.17) is 5.21 Å². The molecule has 126 valence electrons. The lowest BCUT2D eigenvalue weighted by Crippen LogP contribution is -2.20. The molecular weight excluding hydrogens is 336 g/mol. The van der Waals surface area contributed by atoms with Crippen molar-refractivity contribution in [2.45, 2.75) is 4.90 Å². The number of carbonyl (C=O) groups is 1. The number of rotatable bonds is 5. The lowest BCUT2D eigenvalue weighted by molar-refractivity contribution is -0.127. The average molecular weight is 350 g/mol. The van der Waals surface area contributed by atoms with Crippen LogP contribution in [0.5, 0.6) is 17.2 Å². The zero-order chi connectivity index (χ0) is 17.7. The van der Waals surface area contributed by atoms with Crippen LogP contribution in [0, 0.1) is 0 Å². The first-order chi connectivity index (χ1) is 11.4. The minimum atomic E-state index is -1.16. The molecule has 0 atom stereocenters. The highest BCUT2D eigenvalue weighted by Gasteiger charge is 2.13. The summed E-state index contributed by atoms with van der Waals surface area (Å²) in [5, 5.41) is 47.0. The molecule has 0 aliphatic heterocycles. The van der Waals surface area contributed by atoms with Gasteiger partial charge in [-0.15, -0.1) is 0 Å². The molecule has 0 bridgehead atoms. The Hall–Kier alpha value is -3.04. The van der Waals surface area contributed by atoms with E-state index in [1.807, 2.05) is 0 Å². The molecule has 8 nitrogen and oxygen atoms in total. The summed E-state index contributed by atoms with van der Waals surface area (Å²) in [5.74, 6) is -2.39. The molecule has 0 radical (unpaired) electrons. The molecule has 0 spiro atoms. The predicted molar refractivity (Wildman–Crippen MR) is 87.9 cm³/mol. The van der Waals surface area contributed by atoms with Crippen molar-refractivity contribution in [3.05, 3.63) is 47.7 Å². The molecule has 7 N–H and O–H groups in total. The van der Waals surface area contributed by atoms with E-state index in [0.29, 0.717) is 5.69 Å². The highest BCUT2D eigenvalue weighted by Crippen LogP contribution is 2.36. The third-order valence-electron chi connectivity index (χ3n) is 2.86. The number of aliphatic hydroxyl groups is 1. The molecule has 0 aromatic heterocycles. The molecule has 0 aliphatic carbocycles. The first kappa shape index (κ1) is 17.3. The van der Waals surface area contributed by atoms with Crippen molar-refractivity contribution < 1.29 is 30.4 Å². The fraction of sp³-hybridized carbons (Fsp3) is 0. The van der Waals surface area contributed by atoms with Crippen LogP contribution in [0.1, 0.15) is 5.56 Å². The number of aliphatic hydroxyl groups excluding tert-OH is 1. The fourth-order valence-electron chi connectivity index (χ4n) is 1.72. The Morgan fingerprint density at radius 2 is 1.71 bits per heavy atom. The highest BCUT2D eigenvalue weighted by molar-refractivity contribution is 8.00. The number of aromatic hydroxyl groups is 3. The Balaban J connectivity index is 2.24. The summed E-state index contributed by atoms with van der Waals surface area (Å²) < 4.78 is 2.90. The van der Waals surface area contributed by atoms with Crippen LogP contribution in [0.15, 0.2) is 47.1 Å². The van der Waals surface area contributed by atoms with Crippen LogP contribution in [0.25, 0.3) is 6.08 Å². The third-order valence-corrected chi connectivity index (χ3v) is 3.73. The van der Waals surface area contributed by atoms with E-state index < -0.39 is 11.7 Å². The normalized spacial score (nSPS) is 11.1. The van der Waals surface area contributed by atoms with Crippen LogP contribution < -0.4 is 10.2 Å². The highest BCUT2D eigenvalue weighted by atomic mass is 32.2. The van der Waals surface area contributed by atoms with Gasteiger partial charge in [-0.2, -0.15) is 0 Å². The van der Waals surface area contributed by atoms with Crippen molar-refractivity contribution in [3.63, 3.8) is 0 Å². The lowest BCUT2D eigenvalue weighted by Gasteiger charge is -2.10. The molecule has 0 aliphatic rings. The number of nitrogens with one attached hydrogen (secondary N) is 2. The number of hydrogen-bond acceptors (Lipinski definition) is 8. The summed E-state index contributed by atoms with van der Waals surface area (Å²) in [6.07, 6.45) is 0.894. The molecule has 0 saturated heterocycles. The smallest absolute Gasteiger partial charge is 0.309 e. The Labute approximate surface area is 140 Å². The molecule has 9 heteroatoms. The maximum absolute atomic E-state index is 11.1. The second kappa shape index (κ2) is 7.49. The van der Waals surface area contributed by atoms with E-state index in [0.717, 1.165) is 24.1 Å². The maximum atomic E-state index is 11.1. The van der Waals surface area contributed by atoms with Crippen molar-refractivity contribution in [2.24, 2.45) is 0 Å². The van der Waals surface area contributed by atoms with Gasteiger partial charge in [-0.25, -0.2) is 5.48 Å². The zero-order valence-electron chi connectivity index (χ0n) is 12.1. The Kier molecular flexibility index (Phi) is 5.40. The van der Waals surface area contributed by atoms with Gasteiger partial charge in [-0.05, 0) is 54.4 Å². The molecule has 24 heavy (non-hydrogen) atoms. The second-order valence-corrected chi connectivity index (χ2v) is 5.45. The van der Waals surface area contributed by atoms with E-state index in [1.165, 1.54) is 23.7 Å². The summed E-state index contributed by atoms with van der Waals surface area (Å²) in [5.41, 5.74) is 1.86. The summed E-state index contributed by atoms with van der Waals surface area (Å²) in [6, 6.07) is 8.60. The molecule has 2 aromatic carbocycles. The van der Waals surface area contributed by atoms with Gasteiger partial charge < -0.3 is 25.1 Å². The number of amides is 1. The topological polar surface area (TPSA) is 142 Å². The van der Waals surface area contributed by atoms with Crippen LogP contribution in [0.3, 0.4) is 0 Å². The second-order valence-electron chi connectivity index (χ2n) is 4.60. The first-order valence-electron chi connectivity index (χ1n) is 6.53. The van der Waals surface area contributed by atoms with Crippen LogP contribution >= 0.6 is 11.9 Å². The number of phenols is 3. The quantitative estimate of drug-likeness (QED) is 0.109. The van der Waals surface area contributed by atoms with Gasteiger partial charge in [-0.1, -0.05) is 0 Å². The van der Waals surface area contributed by atoms with Crippen molar-refractivity contribution in [1.82, 2.24) is 5.48 Å². The van der Waals surface area contributed by atoms with Crippen LogP contribution in [0.2, 0.25) is 0 Å². The largest absolute Gasteiger partial charge is 0.508 e. The summed E-state index contributed by atoms with van der Waals surface area (Å²) >= 11 is 0.973. The SMILES string of the molecule is O=C(NO)/C(O)=C/c1cc(O)cc(SNc2ccc(O)cc2)c1O. The van der Waals surface area contributed by atoms with Gasteiger partial charge in [0.2, 0.25) is 0 Å². The van der Waals surface area contributed by atoms with Crippen LogP contribution in [-0.4, -0.2) is 31.5 Å². The molecule has 1 amide bonds. The number of phenolic OH excluding ortho intramolecular Hbond substituents is 3. The fourth-order valence-corrected chi connectivity index (χ4v) is 2.47. The summed E-state index contributed by atoms with van der Waals surface area (Å²) in [4.78, 5) is 11.3. The van der Waals surface area contributed by atoms with Gasteiger partial charge in [0.05, 0.1) is 4.90 Å². The van der Waals surface area contributed by atoms with Gasteiger partial charge in [0.25, 0.3) is 0 Å². The number of benzene rings is 2. The van der Waals surface area contributed by atoms with Gasteiger partial charge >= 0.3 is 5.91 Å². The van der Waals surface area contributed by atoms with Crippen molar-refractivity contribution in [3.8, 4) is 17.2 Å².